The second-order valence-corrected chi connectivity index (χ2v) is 3.75. The standard InChI is InChI=1S/C10H23NS/c1-3-5-6-10(7-9-12)11-8-4-2/h10-12H,3-9H2,1-2H3. The molecule has 2 heteroatoms. The zero-order valence-corrected chi connectivity index (χ0v) is 9.37. The molecular formula is C10H23NS. The third-order valence-corrected chi connectivity index (χ3v) is 2.32. The largest absolute Gasteiger partial charge is 0.314 e. The van der Waals surface area contributed by atoms with E-state index < -0.39 is 0 Å². The predicted octanol–water partition coefficient (Wildman–Crippen LogP) is 2.86. The average Bonchev–Trinajstić information content (AvgIpc) is 2.10. The van der Waals surface area contributed by atoms with Gasteiger partial charge in [-0.25, -0.2) is 0 Å². The Bertz CT molecular complexity index is 77.9. The van der Waals surface area contributed by atoms with Gasteiger partial charge in [0.05, 0.1) is 0 Å². The lowest BCUT2D eigenvalue weighted by atomic mass is 10.1. The van der Waals surface area contributed by atoms with Crippen molar-refractivity contribution in [1.82, 2.24) is 5.32 Å². The summed E-state index contributed by atoms with van der Waals surface area (Å²) in [5.74, 6) is 1.01. The van der Waals surface area contributed by atoms with Crippen molar-refractivity contribution in [3.63, 3.8) is 0 Å². The maximum Gasteiger partial charge on any atom is 0.00748 e. The third-order valence-electron chi connectivity index (χ3n) is 2.07. The zero-order chi connectivity index (χ0) is 9.23. The highest BCUT2D eigenvalue weighted by Crippen LogP contribution is 2.05. The Morgan fingerprint density at radius 1 is 1.17 bits per heavy atom. The lowest BCUT2D eigenvalue weighted by molar-refractivity contribution is 0.456. The Morgan fingerprint density at radius 3 is 2.42 bits per heavy atom. The fourth-order valence-corrected chi connectivity index (χ4v) is 1.61. The summed E-state index contributed by atoms with van der Waals surface area (Å²) in [5.41, 5.74) is 0. The van der Waals surface area contributed by atoms with Gasteiger partial charge >= 0.3 is 0 Å². The number of hydrogen-bond donors (Lipinski definition) is 2. The summed E-state index contributed by atoms with van der Waals surface area (Å²) in [6, 6.07) is 0.711. The normalized spacial score (nSPS) is 13.2. The molecule has 1 unspecified atom stereocenters. The van der Waals surface area contributed by atoms with Crippen LogP contribution in [0.2, 0.25) is 0 Å². The predicted molar refractivity (Wildman–Crippen MR) is 60.1 cm³/mol. The van der Waals surface area contributed by atoms with Gasteiger partial charge in [0.1, 0.15) is 0 Å². The van der Waals surface area contributed by atoms with Gasteiger partial charge < -0.3 is 5.32 Å². The van der Waals surface area contributed by atoms with E-state index in [9.17, 15) is 0 Å². The lowest BCUT2D eigenvalue weighted by Crippen LogP contribution is -2.30. The molecule has 0 amide bonds. The van der Waals surface area contributed by atoms with Crippen LogP contribution in [-0.4, -0.2) is 18.3 Å². The smallest absolute Gasteiger partial charge is 0.00748 e. The van der Waals surface area contributed by atoms with E-state index >= 15 is 0 Å². The molecule has 0 heterocycles. The van der Waals surface area contributed by atoms with Crippen LogP contribution in [0.25, 0.3) is 0 Å². The molecule has 1 N–H and O–H groups in total. The van der Waals surface area contributed by atoms with Gasteiger partial charge in [0.15, 0.2) is 0 Å². The summed E-state index contributed by atoms with van der Waals surface area (Å²) in [5, 5.41) is 3.56. The molecule has 0 saturated carbocycles. The van der Waals surface area contributed by atoms with Crippen LogP contribution >= 0.6 is 12.6 Å². The van der Waals surface area contributed by atoms with Crippen LogP contribution in [0.4, 0.5) is 0 Å². The molecule has 0 rings (SSSR count). The average molecular weight is 189 g/mol. The van der Waals surface area contributed by atoms with E-state index in [2.05, 4.69) is 31.8 Å². The van der Waals surface area contributed by atoms with Crippen LogP contribution in [0.3, 0.4) is 0 Å². The van der Waals surface area contributed by atoms with Gasteiger partial charge in [0.2, 0.25) is 0 Å². The SMILES string of the molecule is CCCCC(CCS)NCCC. The van der Waals surface area contributed by atoms with Crippen molar-refractivity contribution in [1.29, 1.82) is 0 Å². The number of thiol groups is 1. The van der Waals surface area contributed by atoms with Crippen molar-refractivity contribution in [2.75, 3.05) is 12.3 Å². The van der Waals surface area contributed by atoms with Gasteiger partial charge in [-0.3, -0.25) is 0 Å². The second-order valence-electron chi connectivity index (χ2n) is 3.31. The Balaban J connectivity index is 3.40. The molecule has 1 nitrogen and oxygen atoms in total. The van der Waals surface area contributed by atoms with Crippen molar-refractivity contribution >= 4 is 12.6 Å². The summed E-state index contributed by atoms with van der Waals surface area (Å²) in [7, 11) is 0. The van der Waals surface area contributed by atoms with E-state index in [1.807, 2.05) is 0 Å². The number of nitrogens with one attached hydrogen (secondary N) is 1. The molecule has 74 valence electrons. The summed E-state index contributed by atoms with van der Waals surface area (Å²) in [4.78, 5) is 0. The summed E-state index contributed by atoms with van der Waals surface area (Å²) >= 11 is 4.26. The van der Waals surface area contributed by atoms with Crippen molar-refractivity contribution in [2.24, 2.45) is 0 Å². The number of hydrogen-bond acceptors (Lipinski definition) is 2. The van der Waals surface area contributed by atoms with E-state index in [4.69, 9.17) is 0 Å². The maximum absolute atomic E-state index is 4.26. The molecule has 0 aromatic rings. The molecule has 1 atom stereocenters. The monoisotopic (exact) mass is 189 g/mol. The topological polar surface area (TPSA) is 12.0 Å². The summed E-state index contributed by atoms with van der Waals surface area (Å²) in [6.45, 7) is 5.62. The van der Waals surface area contributed by atoms with Gasteiger partial charge in [-0.05, 0) is 31.6 Å². The highest BCUT2D eigenvalue weighted by Gasteiger charge is 2.04. The van der Waals surface area contributed by atoms with E-state index in [0.717, 1.165) is 12.3 Å². The van der Waals surface area contributed by atoms with Gasteiger partial charge in [-0.2, -0.15) is 12.6 Å². The molecule has 0 aliphatic heterocycles. The fourth-order valence-electron chi connectivity index (χ4n) is 1.30. The first-order chi connectivity index (χ1) is 5.85. The minimum absolute atomic E-state index is 0.711. The Hall–Kier alpha value is 0.310. The Labute approximate surface area is 82.7 Å². The highest BCUT2D eigenvalue weighted by atomic mass is 32.1. The minimum atomic E-state index is 0.711. The van der Waals surface area contributed by atoms with Crippen LogP contribution in [0.15, 0.2) is 0 Å². The fraction of sp³-hybridized carbons (Fsp3) is 1.00. The molecule has 0 aliphatic rings. The first-order valence-corrected chi connectivity index (χ1v) is 5.82. The number of unbranched alkanes of at least 4 members (excludes halogenated alkanes) is 1. The molecule has 0 aliphatic carbocycles. The van der Waals surface area contributed by atoms with E-state index in [1.165, 1.54) is 32.1 Å². The molecule has 12 heavy (non-hydrogen) atoms. The van der Waals surface area contributed by atoms with Gasteiger partial charge in [-0.1, -0.05) is 26.7 Å². The molecule has 0 aromatic carbocycles. The second kappa shape index (κ2) is 9.40. The molecule has 0 fully saturated rings. The van der Waals surface area contributed by atoms with Crippen LogP contribution in [0, 0.1) is 0 Å². The molecule has 0 bridgehead atoms. The minimum Gasteiger partial charge on any atom is -0.314 e. The van der Waals surface area contributed by atoms with Gasteiger partial charge in [0, 0.05) is 6.04 Å². The van der Waals surface area contributed by atoms with E-state index in [0.29, 0.717) is 6.04 Å². The van der Waals surface area contributed by atoms with Crippen LogP contribution in [0.1, 0.15) is 46.0 Å². The molecule has 0 radical (unpaired) electrons. The van der Waals surface area contributed by atoms with Crippen LogP contribution < -0.4 is 5.32 Å². The van der Waals surface area contributed by atoms with Gasteiger partial charge in [0.25, 0.3) is 0 Å². The Kier molecular flexibility index (Phi) is 9.64. The zero-order valence-electron chi connectivity index (χ0n) is 8.47. The highest BCUT2D eigenvalue weighted by molar-refractivity contribution is 7.80. The first-order valence-electron chi connectivity index (χ1n) is 5.19. The first kappa shape index (κ1) is 12.3. The summed E-state index contributed by atoms with van der Waals surface area (Å²) < 4.78 is 0. The van der Waals surface area contributed by atoms with Crippen molar-refractivity contribution < 1.29 is 0 Å². The third kappa shape index (κ3) is 6.99. The lowest BCUT2D eigenvalue weighted by Gasteiger charge is -2.16. The Morgan fingerprint density at radius 2 is 1.92 bits per heavy atom. The quantitative estimate of drug-likeness (QED) is 0.560. The van der Waals surface area contributed by atoms with Crippen LogP contribution in [-0.2, 0) is 0 Å². The summed E-state index contributed by atoms with van der Waals surface area (Å²) in [6.07, 6.45) is 6.40. The van der Waals surface area contributed by atoms with Crippen molar-refractivity contribution in [2.45, 2.75) is 52.0 Å². The molecule has 0 aromatic heterocycles. The molecule has 0 spiro atoms. The van der Waals surface area contributed by atoms with Crippen molar-refractivity contribution in [3.8, 4) is 0 Å². The van der Waals surface area contributed by atoms with E-state index in [-0.39, 0.29) is 0 Å². The van der Waals surface area contributed by atoms with E-state index in [1.54, 1.807) is 0 Å². The van der Waals surface area contributed by atoms with Crippen molar-refractivity contribution in [3.05, 3.63) is 0 Å². The van der Waals surface area contributed by atoms with Gasteiger partial charge in [-0.15, -0.1) is 0 Å². The maximum atomic E-state index is 4.26. The molecule has 0 saturated heterocycles. The number of rotatable bonds is 8. The molecular weight excluding hydrogens is 166 g/mol. The van der Waals surface area contributed by atoms with Crippen LogP contribution in [0.5, 0.6) is 0 Å².